The monoisotopic (exact) mass is 458 g/mol. The fourth-order valence-corrected chi connectivity index (χ4v) is 3.23. The first kappa shape index (κ1) is 20.9. The lowest BCUT2D eigenvalue weighted by Crippen LogP contribution is -2.38. The molecule has 0 aliphatic heterocycles. The van der Waals surface area contributed by atoms with E-state index in [9.17, 15) is 0 Å². The third kappa shape index (κ3) is 7.17. The molecule has 0 amide bonds. The number of benzene rings is 1. The van der Waals surface area contributed by atoms with E-state index in [-0.39, 0.29) is 24.0 Å². The Hall–Kier alpha value is -1.15. The lowest BCUT2D eigenvalue weighted by atomic mass is 10.1. The quantitative estimate of drug-likeness (QED) is 0.288. The zero-order valence-electron chi connectivity index (χ0n) is 14.6. The zero-order valence-corrected chi connectivity index (χ0v) is 17.8. The van der Waals surface area contributed by atoms with Gasteiger partial charge in [0, 0.05) is 31.4 Å². The molecule has 0 saturated heterocycles. The summed E-state index contributed by atoms with van der Waals surface area (Å²) in [6, 6.07) is 10.6. The van der Waals surface area contributed by atoms with Crippen LogP contribution in [-0.4, -0.2) is 31.1 Å². The van der Waals surface area contributed by atoms with Gasteiger partial charge in [-0.05, 0) is 32.3 Å². The Kier molecular flexibility index (Phi) is 9.94. The van der Waals surface area contributed by atoms with E-state index in [1.165, 1.54) is 15.4 Å². The Labute approximate surface area is 166 Å². The minimum atomic E-state index is 0. The predicted molar refractivity (Wildman–Crippen MR) is 115 cm³/mol. The molecule has 0 radical (unpaired) electrons. The number of nitrogens with one attached hydrogen (secondary N) is 2. The molecule has 4 nitrogen and oxygen atoms in total. The maximum Gasteiger partial charge on any atom is 0.190 e. The van der Waals surface area contributed by atoms with Gasteiger partial charge in [0.15, 0.2) is 5.96 Å². The zero-order chi connectivity index (χ0) is 16.5. The first-order valence-corrected chi connectivity index (χ1v) is 8.92. The van der Waals surface area contributed by atoms with Gasteiger partial charge in [0.05, 0.1) is 10.7 Å². The second-order valence-corrected chi connectivity index (χ2v) is 6.80. The average Bonchev–Trinajstić information content (AvgIpc) is 2.89. The van der Waals surface area contributed by atoms with E-state index in [2.05, 4.69) is 64.8 Å². The molecule has 0 aliphatic rings. The van der Waals surface area contributed by atoms with Gasteiger partial charge in [-0.1, -0.05) is 30.3 Å². The molecule has 0 bridgehead atoms. The molecule has 1 aromatic heterocycles. The fourth-order valence-electron chi connectivity index (χ4n) is 2.30. The second-order valence-electron chi connectivity index (χ2n) is 5.51. The van der Waals surface area contributed by atoms with E-state index in [1.807, 2.05) is 7.05 Å². The van der Waals surface area contributed by atoms with Crippen molar-refractivity contribution in [2.24, 2.45) is 4.99 Å². The van der Waals surface area contributed by atoms with E-state index in [0.717, 1.165) is 44.0 Å². The van der Waals surface area contributed by atoms with Gasteiger partial charge in [0.25, 0.3) is 0 Å². The highest BCUT2D eigenvalue weighted by Gasteiger charge is 2.04. The van der Waals surface area contributed by atoms with Crippen molar-refractivity contribution in [1.29, 1.82) is 0 Å². The van der Waals surface area contributed by atoms with Crippen molar-refractivity contribution >= 4 is 41.3 Å². The highest BCUT2D eigenvalue weighted by atomic mass is 127. The number of aliphatic imine (C=N–C) groups is 1. The van der Waals surface area contributed by atoms with Crippen LogP contribution in [0.25, 0.3) is 0 Å². The van der Waals surface area contributed by atoms with E-state index in [1.54, 1.807) is 11.3 Å². The summed E-state index contributed by atoms with van der Waals surface area (Å²) in [5.74, 6) is 0.864. The third-order valence-corrected chi connectivity index (χ3v) is 4.84. The summed E-state index contributed by atoms with van der Waals surface area (Å²) in [6.07, 6.45) is 3.11. The van der Waals surface area contributed by atoms with Crippen molar-refractivity contribution in [2.75, 3.05) is 20.1 Å². The summed E-state index contributed by atoms with van der Waals surface area (Å²) in [7, 11) is 1.81. The minimum absolute atomic E-state index is 0. The van der Waals surface area contributed by atoms with Crippen LogP contribution in [0, 0.1) is 13.8 Å². The lowest BCUT2D eigenvalue weighted by Gasteiger charge is -2.11. The average molecular weight is 458 g/mol. The summed E-state index contributed by atoms with van der Waals surface area (Å²) in [4.78, 5) is 10.1. The van der Waals surface area contributed by atoms with Gasteiger partial charge in [0.1, 0.15) is 0 Å². The Morgan fingerprint density at radius 1 is 1.08 bits per heavy atom. The van der Waals surface area contributed by atoms with Gasteiger partial charge in [-0.3, -0.25) is 4.99 Å². The smallest absolute Gasteiger partial charge is 0.190 e. The Morgan fingerprint density at radius 2 is 1.79 bits per heavy atom. The summed E-state index contributed by atoms with van der Waals surface area (Å²) in [5.41, 5.74) is 2.53. The Balaban J connectivity index is 0.00000288. The topological polar surface area (TPSA) is 49.3 Å². The molecule has 1 aromatic carbocycles. The molecule has 1 heterocycles. The van der Waals surface area contributed by atoms with Crippen molar-refractivity contribution < 1.29 is 0 Å². The first-order chi connectivity index (χ1) is 11.2. The van der Waals surface area contributed by atoms with Crippen LogP contribution < -0.4 is 10.6 Å². The fraction of sp³-hybridized carbons (Fsp3) is 0.444. The number of aryl methyl sites for hydroxylation is 3. The Bertz CT molecular complexity index is 606. The van der Waals surface area contributed by atoms with Gasteiger partial charge in [-0.15, -0.1) is 35.3 Å². The van der Waals surface area contributed by atoms with Crippen LogP contribution >= 0.6 is 35.3 Å². The highest BCUT2D eigenvalue weighted by Crippen LogP contribution is 2.16. The van der Waals surface area contributed by atoms with E-state index in [0.29, 0.717) is 0 Å². The number of rotatable bonds is 7. The molecule has 2 rings (SSSR count). The van der Waals surface area contributed by atoms with Crippen molar-refractivity contribution in [3.63, 3.8) is 0 Å². The highest BCUT2D eigenvalue weighted by molar-refractivity contribution is 14.0. The molecular weight excluding hydrogens is 431 g/mol. The van der Waals surface area contributed by atoms with Gasteiger partial charge in [0.2, 0.25) is 0 Å². The summed E-state index contributed by atoms with van der Waals surface area (Å²) in [5, 5.41) is 7.90. The van der Waals surface area contributed by atoms with Crippen molar-refractivity contribution in [2.45, 2.75) is 33.1 Å². The van der Waals surface area contributed by atoms with E-state index < -0.39 is 0 Å². The van der Waals surface area contributed by atoms with Crippen LogP contribution in [0.4, 0.5) is 0 Å². The van der Waals surface area contributed by atoms with Gasteiger partial charge >= 0.3 is 0 Å². The molecule has 0 saturated carbocycles. The number of aromatic nitrogens is 1. The number of halogens is 1. The van der Waals surface area contributed by atoms with Crippen LogP contribution in [0.5, 0.6) is 0 Å². The van der Waals surface area contributed by atoms with Crippen LogP contribution in [0.15, 0.2) is 35.3 Å². The maximum atomic E-state index is 4.56. The van der Waals surface area contributed by atoms with Crippen molar-refractivity contribution in [3.05, 3.63) is 51.5 Å². The molecule has 2 N–H and O–H groups in total. The molecule has 0 aliphatic carbocycles. The van der Waals surface area contributed by atoms with Gasteiger partial charge in [-0.25, -0.2) is 4.98 Å². The van der Waals surface area contributed by atoms with Crippen LogP contribution in [0.2, 0.25) is 0 Å². The molecule has 24 heavy (non-hydrogen) atoms. The van der Waals surface area contributed by atoms with Crippen molar-refractivity contribution in [1.82, 2.24) is 15.6 Å². The van der Waals surface area contributed by atoms with Crippen LogP contribution in [0.3, 0.4) is 0 Å². The summed E-state index contributed by atoms with van der Waals surface area (Å²) >= 11 is 1.78. The standard InChI is InChI=1S/C18H26N4S.HI/c1-14-15(2)23-17(22-14)11-13-21-18(19-3)20-12-7-10-16-8-5-4-6-9-16;/h4-6,8-9H,7,10-13H2,1-3H3,(H2,19,20,21);1H. The largest absolute Gasteiger partial charge is 0.356 e. The summed E-state index contributed by atoms with van der Waals surface area (Å²) < 4.78 is 0. The SMILES string of the molecule is CN=C(NCCCc1ccccc1)NCCc1nc(C)c(C)s1.I. The van der Waals surface area contributed by atoms with Crippen molar-refractivity contribution in [3.8, 4) is 0 Å². The van der Waals surface area contributed by atoms with Crippen LogP contribution in [0.1, 0.15) is 27.6 Å². The molecule has 132 valence electrons. The number of hydrogen-bond acceptors (Lipinski definition) is 3. The maximum absolute atomic E-state index is 4.56. The Morgan fingerprint density at radius 3 is 2.42 bits per heavy atom. The second kappa shape index (κ2) is 11.4. The minimum Gasteiger partial charge on any atom is -0.356 e. The number of hydrogen-bond donors (Lipinski definition) is 2. The third-order valence-electron chi connectivity index (χ3n) is 3.71. The molecule has 2 aromatic rings. The molecule has 0 atom stereocenters. The lowest BCUT2D eigenvalue weighted by molar-refractivity contribution is 0.738. The van der Waals surface area contributed by atoms with Gasteiger partial charge in [-0.2, -0.15) is 0 Å². The normalized spacial score (nSPS) is 11.0. The molecule has 0 fully saturated rings. The van der Waals surface area contributed by atoms with Gasteiger partial charge < -0.3 is 10.6 Å². The number of nitrogens with zero attached hydrogens (tertiary/aromatic N) is 2. The summed E-state index contributed by atoms with van der Waals surface area (Å²) in [6.45, 7) is 5.96. The van der Waals surface area contributed by atoms with E-state index in [4.69, 9.17) is 0 Å². The first-order valence-electron chi connectivity index (χ1n) is 8.10. The van der Waals surface area contributed by atoms with E-state index >= 15 is 0 Å². The molecule has 0 unspecified atom stereocenters. The molecule has 6 heteroatoms. The predicted octanol–water partition coefficient (Wildman–Crippen LogP) is 3.72. The number of thiazole rings is 1. The molecule has 0 spiro atoms. The van der Waals surface area contributed by atoms with Crippen LogP contribution in [-0.2, 0) is 12.8 Å². The number of guanidine groups is 1. The molecular formula is C18H27IN4S.